The summed E-state index contributed by atoms with van der Waals surface area (Å²) in [6.07, 6.45) is 12.2. The summed E-state index contributed by atoms with van der Waals surface area (Å²) >= 11 is 0. The van der Waals surface area contributed by atoms with Crippen LogP contribution >= 0.6 is 0 Å². The van der Waals surface area contributed by atoms with E-state index in [9.17, 15) is 0 Å². The Kier molecular flexibility index (Phi) is 5.14. The van der Waals surface area contributed by atoms with Crippen molar-refractivity contribution < 1.29 is 0 Å². The third-order valence-corrected chi connectivity index (χ3v) is 3.72. The molecule has 0 unspecified atom stereocenters. The van der Waals surface area contributed by atoms with Gasteiger partial charge in [0.25, 0.3) is 0 Å². The van der Waals surface area contributed by atoms with Gasteiger partial charge in [-0.05, 0) is 43.1 Å². The molecule has 85 valence electrons. The minimum Gasteiger partial charge on any atom is -0.0729 e. The Labute approximate surface area is 95.5 Å². The highest BCUT2D eigenvalue weighted by molar-refractivity contribution is 5.43. The van der Waals surface area contributed by atoms with Crippen molar-refractivity contribution in [3.05, 3.63) is 29.7 Å². The van der Waals surface area contributed by atoms with Gasteiger partial charge in [0.15, 0.2) is 0 Å². The van der Waals surface area contributed by atoms with E-state index >= 15 is 0 Å². The smallest absolute Gasteiger partial charge is 0.00893 e. The summed E-state index contributed by atoms with van der Waals surface area (Å²) in [6.45, 7) is 9.16. The fourth-order valence-corrected chi connectivity index (χ4v) is 2.51. The van der Waals surface area contributed by atoms with Crippen LogP contribution in [0.5, 0.6) is 0 Å². The normalized spacial score (nSPS) is 16.1. The molecule has 1 aliphatic rings. The number of rotatable bonds is 6. The average molecular weight is 205 g/mol. The summed E-state index contributed by atoms with van der Waals surface area (Å²) < 4.78 is 0. The molecule has 0 fully saturated rings. The highest BCUT2D eigenvalue weighted by Crippen LogP contribution is 2.32. The molecule has 0 aromatic carbocycles. The van der Waals surface area contributed by atoms with E-state index in [2.05, 4.69) is 46.3 Å². The molecule has 1 rings (SSSR count). The van der Waals surface area contributed by atoms with Crippen LogP contribution in [0.15, 0.2) is 23.3 Å². The van der Waals surface area contributed by atoms with Crippen molar-refractivity contribution in [2.24, 2.45) is 11.8 Å². The molecule has 0 nitrogen and oxygen atoms in total. The van der Waals surface area contributed by atoms with Gasteiger partial charge in [0.1, 0.15) is 0 Å². The van der Waals surface area contributed by atoms with Crippen molar-refractivity contribution in [1.82, 2.24) is 0 Å². The van der Waals surface area contributed by atoms with E-state index in [1.165, 1.54) is 25.7 Å². The lowest BCUT2D eigenvalue weighted by Crippen LogP contribution is -2.00. The molecule has 0 amide bonds. The fraction of sp³-hybridized carbons (Fsp3) is 0.667. The Morgan fingerprint density at radius 1 is 0.800 bits per heavy atom. The van der Waals surface area contributed by atoms with Crippen LogP contribution in [-0.2, 0) is 0 Å². The SMILES string of the molecule is CCC(CC)C1=CC(C(CC)CC)=C[CH]1. The van der Waals surface area contributed by atoms with Crippen molar-refractivity contribution in [3.8, 4) is 0 Å². The number of allylic oxidation sites excluding steroid dienone is 4. The van der Waals surface area contributed by atoms with Gasteiger partial charge in [-0.1, -0.05) is 45.4 Å². The van der Waals surface area contributed by atoms with E-state index < -0.39 is 0 Å². The first-order chi connectivity index (χ1) is 7.26. The molecule has 0 saturated heterocycles. The predicted octanol–water partition coefficient (Wildman–Crippen LogP) is 4.93. The van der Waals surface area contributed by atoms with Crippen molar-refractivity contribution in [2.45, 2.75) is 53.4 Å². The van der Waals surface area contributed by atoms with Gasteiger partial charge in [0, 0.05) is 6.42 Å². The van der Waals surface area contributed by atoms with E-state index in [4.69, 9.17) is 0 Å². The van der Waals surface area contributed by atoms with Crippen LogP contribution in [0.4, 0.5) is 0 Å². The monoisotopic (exact) mass is 205 g/mol. The van der Waals surface area contributed by atoms with Gasteiger partial charge in [0.2, 0.25) is 0 Å². The zero-order chi connectivity index (χ0) is 11.3. The number of hydrogen-bond donors (Lipinski definition) is 0. The third kappa shape index (κ3) is 2.96. The summed E-state index contributed by atoms with van der Waals surface area (Å²) in [5.74, 6) is 1.54. The minimum atomic E-state index is 0.771. The topological polar surface area (TPSA) is 0 Å². The van der Waals surface area contributed by atoms with E-state index in [1.807, 2.05) is 0 Å². The molecule has 0 atom stereocenters. The molecular formula is C15H25. The van der Waals surface area contributed by atoms with Crippen LogP contribution in [0, 0.1) is 18.3 Å². The molecule has 0 heteroatoms. The van der Waals surface area contributed by atoms with Gasteiger partial charge in [-0.25, -0.2) is 0 Å². The third-order valence-electron chi connectivity index (χ3n) is 3.72. The van der Waals surface area contributed by atoms with Gasteiger partial charge in [0.05, 0.1) is 0 Å². The van der Waals surface area contributed by atoms with Gasteiger partial charge in [-0.15, -0.1) is 0 Å². The lowest BCUT2D eigenvalue weighted by atomic mass is 9.91. The van der Waals surface area contributed by atoms with Crippen molar-refractivity contribution in [2.75, 3.05) is 0 Å². The van der Waals surface area contributed by atoms with Crippen LogP contribution in [0.25, 0.3) is 0 Å². The molecule has 15 heavy (non-hydrogen) atoms. The van der Waals surface area contributed by atoms with Crippen LogP contribution < -0.4 is 0 Å². The molecule has 1 radical (unpaired) electrons. The number of hydrogen-bond acceptors (Lipinski definition) is 0. The first-order valence-electron chi connectivity index (χ1n) is 6.53. The second kappa shape index (κ2) is 6.15. The molecule has 0 spiro atoms. The van der Waals surface area contributed by atoms with Crippen LogP contribution in [0.2, 0.25) is 0 Å². The van der Waals surface area contributed by atoms with E-state index in [1.54, 1.807) is 11.1 Å². The summed E-state index contributed by atoms with van der Waals surface area (Å²) in [6, 6.07) is 0. The second-order valence-corrected chi connectivity index (χ2v) is 4.50. The molecule has 0 bridgehead atoms. The maximum Gasteiger partial charge on any atom is 0.00893 e. The summed E-state index contributed by atoms with van der Waals surface area (Å²) in [5, 5.41) is 0. The highest BCUT2D eigenvalue weighted by Gasteiger charge is 2.18. The highest BCUT2D eigenvalue weighted by atomic mass is 14.2. The zero-order valence-electron chi connectivity index (χ0n) is 10.7. The first kappa shape index (κ1) is 12.5. The minimum absolute atomic E-state index is 0.771. The largest absolute Gasteiger partial charge is 0.0729 e. The molecular weight excluding hydrogens is 180 g/mol. The standard InChI is InChI=1S/C15H25/c1-5-12(6-2)14-9-10-15(11-14)13(7-3)8-4/h9-13H,5-8H2,1-4H3. The zero-order valence-corrected chi connectivity index (χ0v) is 10.7. The van der Waals surface area contributed by atoms with Gasteiger partial charge < -0.3 is 0 Å². The van der Waals surface area contributed by atoms with Crippen molar-refractivity contribution in [1.29, 1.82) is 0 Å². The Hall–Kier alpha value is -0.520. The quantitative estimate of drug-likeness (QED) is 0.577. The van der Waals surface area contributed by atoms with Crippen molar-refractivity contribution in [3.63, 3.8) is 0 Å². The summed E-state index contributed by atoms with van der Waals surface area (Å²) in [5.41, 5.74) is 3.11. The Morgan fingerprint density at radius 3 is 1.73 bits per heavy atom. The molecule has 0 N–H and O–H groups in total. The molecule has 0 saturated carbocycles. The Balaban J connectivity index is 2.65. The molecule has 0 aromatic heterocycles. The summed E-state index contributed by atoms with van der Waals surface area (Å²) in [7, 11) is 0. The van der Waals surface area contributed by atoms with E-state index in [0.29, 0.717) is 0 Å². The molecule has 0 aromatic rings. The predicted molar refractivity (Wildman–Crippen MR) is 68.6 cm³/mol. The second-order valence-electron chi connectivity index (χ2n) is 4.50. The Morgan fingerprint density at radius 2 is 1.27 bits per heavy atom. The molecule has 0 aliphatic heterocycles. The van der Waals surface area contributed by atoms with Gasteiger partial charge in [-0.2, -0.15) is 0 Å². The average Bonchev–Trinajstić information content (AvgIpc) is 2.71. The first-order valence-corrected chi connectivity index (χ1v) is 6.53. The van der Waals surface area contributed by atoms with E-state index in [-0.39, 0.29) is 0 Å². The van der Waals surface area contributed by atoms with Crippen LogP contribution in [0.3, 0.4) is 0 Å². The van der Waals surface area contributed by atoms with Gasteiger partial charge in [-0.3, -0.25) is 0 Å². The van der Waals surface area contributed by atoms with Crippen molar-refractivity contribution >= 4 is 0 Å². The van der Waals surface area contributed by atoms with Gasteiger partial charge >= 0.3 is 0 Å². The Bertz CT molecular complexity index is 237. The fourth-order valence-electron chi connectivity index (χ4n) is 2.51. The molecule has 0 heterocycles. The summed E-state index contributed by atoms with van der Waals surface area (Å²) in [4.78, 5) is 0. The molecule has 1 aliphatic carbocycles. The lowest BCUT2D eigenvalue weighted by Gasteiger charge is -2.14. The van der Waals surface area contributed by atoms with E-state index in [0.717, 1.165) is 11.8 Å². The maximum absolute atomic E-state index is 2.44. The van der Waals surface area contributed by atoms with Crippen LogP contribution in [-0.4, -0.2) is 0 Å². The maximum atomic E-state index is 2.44. The lowest BCUT2D eigenvalue weighted by molar-refractivity contribution is 0.572. The van der Waals surface area contributed by atoms with Crippen LogP contribution in [0.1, 0.15) is 53.4 Å².